The fourth-order valence-corrected chi connectivity index (χ4v) is 2.67. The molecule has 1 atom stereocenters. The van der Waals surface area contributed by atoms with Crippen LogP contribution in [0, 0.1) is 0 Å². The van der Waals surface area contributed by atoms with Crippen molar-refractivity contribution in [2.45, 2.75) is 18.9 Å². The number of benzene rings is 1. The molecule has 0 bridgehead atoms. The van der Waals surface area contributed by atoms with Crippen molar-refractivity contribution in [2.75, 3.05) is 20.3 Å². The minimum Gasteiger partial charge on any atom is -0.495 e. The summed E-state index contributed by atoms with van der Waals surface area (Å²) in [5.41, 5.74) is 0.377. The molecule has 1 aliphatic rings. The average molecular weight is 302 g/mol. The van der Waals surface area contributed by atoms with E-state index in [-0.39, 0.29) is 23.0 Å². The fourth-order valence-electron chi connectivity index (χ4n) is 2.67. The van der Waals surface area contributed by atoms with Gasteiger partial charge in [-0.25, -0.2) is 0 Å². The summed E-state index contributed by atoms with van der Waals surface area (Å²) >= 11 is 0. The van der Waals surface area contributed by atoms with Crippen molar-refractivity contribution in [1.29, 1.82) is 0 Å². The Kier molecular flexibility index (Phi) is 4.11. The summed E-state index contributed by atoms with van der Waals surface area (Å²) < 4.78 is 10.7. The Balaban J connectivity index is 1.86. The van der Waals surface area contributed by atoms with Gasteiger partial charge in [0, 0.05) is 19.3 Å². The van der Waals surface area contributed by atoms with E-state index in [2.05, 4.69) is 10.3 Å². The number of rotatable bonds is 4. The summed E-state index contributed by atoms with van der Waals surface area (Å²) in [6.45, 7) is 1.16. The molecule has 1 saturated heterocycles. The van der Waals surface area contributed by atoms with E-state index in [1.165, 1.54) is 13.3 Å². The van der Waals surface area contributed by atoms with Crippen molar-refractivity contribution in [3.8, 4) is 5.75 Å². The van der Waals surface area contributed by atoms with Crippen LogP contribution in [0.1, 0.15) is 23.2 Å². The summed E-state index contributed by atoms with van der Waals surface area (Å²) in [5, 5.41) is 3.19. The highest BCUT2D eigenvalue weighted by Crippen LogP contribution is 2.20. The van der Waals surface area contributed by atoms with Crippen LogP contribution in [-0.4, -0.2) is 37.3 Å². The first-order valence-corrected chi connectivity index (χ1v) is 7.29. The lowest BCUT2D eigenvalue weighted by atomic mass is 10.1. The smallest absolute Gasteiger partial charge is 0.256 e. The molecule has 1 aliphatic heterocycles. The Morgan fingerprint density at radius 1 is 1.50 bits per heavy atom. The van der Waals surface area contributed by atoms with Gasteiger partial charge in [-0.2, -0.15) is 0 Å². The molecule has 3 rings (SSSR count). The summed E-state index contributed by atoms with van der Waals surface area (Å²) in [6, 6.07) is 5.16. The normalized spacial score (nSPS) is 17.6. The summed E-state index contributed by atoms with van der Waals surface area (Å²) in [6.07, 6.45) is 3.42. The SMILES string of the molecule is COc1cccc2c(=O)c(C(=O)NCC3CCCO3)c[nH]c12. The number of ether oxygens (including phenoxy) is 2. The van der Waals surface area contributed by atoms with Crippen LogP contribution in [-0.2, 0) is 4.74 Å². The molecule has 1 aromatic carbocycles. The molecular formula is C16H18N2O4. The maximum absolute atomic E-state index is 12.5. The lowest BCUT2D eigenvalue weighted by molar-refractivity contribution is 0.0857. The van der Waals surface area contributed by atoms with Gasteiger partial charge in [0.25, 0.3) is 5.91 Å². The number of H-pyrrole nitrogens is 1. The molecule has 1 unspecified atom stereocenters. The molecule has 116 valence electrons. The van der Waals surface area contributed by atoms with Crippen LogP contribution < -0.4 is 15.5 Å². The van der Waals surface area contributed by atoms with Crippen LogP contribution in [0.2, 0.25) is 0 Å². The second-order valence-electron chi connectivity index (χ2n) is 5.26. The largest absolute Gasteiger partial charge is 0.495 e. The molecule has 1 aromatic heterocycles. The Labute approximate surface area is 127 Å². The zero-order chi connectivity index (χ0) is 15.5. The van der Waals surface area contributed by atoms with Crippen LogP contribution in [0.15, 0.2) is 29.2 Å². The van der Waals surface area contributed by atoms with Crippen LogP contribution in [0.3, 0.4) is 0 Å². The molecule has 2 aromatic rings. The monoisotopic (exact) mass is 302 g/mol. The number of amides is 1. The predicted octanol–water partition coefficient (Wildman–Crippen LogP) is 1.45. The first kappa shape index (κ1) is 14.6. The molecule has 6 nitrogen and oxygen atoms in total. The molecule has 0 spiro atoms. The summed E-state index contributed by atoms with van der Waals surface area (Å²) in [4.78, 5) is 27.6. The number of hydrogen-bond donors (Lipinski definition) is 2. The Hall–Kier alpha value is -2.34. The third-order valence-electron chi connectivity index (χ3n) is 3.86. The van der Waals surface area contributed by atoms with Crippen molar-refractivity contribution in [2.24, 2.45) is 0 Å². The molecule has 6 heteroatoms. The number of pyridine rings is 1. The van der Waals surface area contributed by atoms with E-state index < -0.39 is 0 Å². The van der Waals surface area contributed by atoms with Gasteiger partial charge in [0.1, 0.15) is 11.3 Å². The minimum atomic E-state index is -0.388. The molecular weight excluding hydrogens is 284 g/mol. The van der Waals surface area contributed by atoms with E-state index in [1.54, 1.807) is 18.2 Å². The summed E-state index contributed by atoms with van der Waals surface area (Å²) in [7, 11) is 1.54. The standard InChI is InChI=1S/C16H18N2O4/c1-21-13-6-2-5-11-14(13)17-9-12(15(11)19)16(20)18-8-10-4-3-7-22-10/h2,5-6,9-10H,3-4,7-8H2,1H3,(H,17,19)(H,18,20). The van der Waals surface area contributed by atoms with Crippen molar-refractivity contribution >= 4 is 16.8 Å². The lowest BCUT2D eigenvalue weighted by Gasteiger charge is -2.11. The van der Waals surface area contributed by atoms with Crippen molar-refractivity contribution in [1.82, 2.24) is 10.3 Å². The molecule has 2 heterocycles. The molecule has 0 radical (unpaired) electrons. The van der Waals surface area contributed by atoms with Gasteiger partial charge in [0.15, 0.2) is 0 Å². The van der Waals surface area contributed by atoms with Crippen molar-refractivity contribution in [3.05, 3.63) is 40.2 Å². The molecule has 1 amide bonds. The predicted molar refractivity (Wildman–Crippen MR) is 82.4 cm³/mol. The van der Waals surface area contributed by atoms with Gasteiger partial charge in [-0.15, -0.1) is 0 Å². The maximum Gasteiger partial charge on any atom is 0.256 e. The van der Waals surface area contributed by atoms with Gasteiger partial charge in [-0.3, -0.25) is 9.59 Å². The first-order valence-electron chi connectivity index (χ1n) is 7.29. The second-order valence-corrected chi connectivity index (χ2v) is 5.26. The summed E-state index contributed by atoms with van der Waals surface area (Å²) in [5.74, 6) is 0.183. The number of nitrogens with one attached hydrogen (secondary N) is 2. The van der Waals surface area contributed by atoms with Crippen molar-refractivity contribution in [3.63, 3.8) is 0 Å². The maximum atomic E-state index is 12.5. The quantitative estimate of drug-likeness (QED) is 0.895. The number of aromatic nitrogens is 1. The number of para-hydroxylation sites is 1. The topological polar surface area (TPSA) is 80.4 Å². The fraction of sp³-hybridized carbons (Fsp3) is 0.375. The number of carbonyl (C=O) groups is 1. The van der Waals surface area contributed by atoms with Crippen LogP contribution in [0.25, 0.3) is 10.9 Å². The average Bonchev–Trinajstić information content (AvgIpc) is 3.06. The van der Waals surface area contributed by atoms with Gasteiger partial charge in [0.2, 0.25) is 5.43 Å². The van der Waals surface area contributed by atoms with Crippen molar-refractivity contribution < 1.29 is 14.3 Å². The van der Waals surface area contributed by atoms with Crippen LogP contribution in [0.5, 0.6) is 5.75 Å². The number of methoxy groups -OCH3 is 1. The lowest BCUT2D eigenvalue weighted by Crippen LogP contribution is -2.34. The first-order chi connectivity index (χ1) is 10.7. The minimum absolute atomic E-state index is 0.0450. The second kappa shape index (κ2) is 6.19. The van der Waals surface area contributed by atoms with Gasteiger partial charge in [-0.05, 0) is 25.0 Å². The van der Waals surface area contributed by atoms with Crippen LogP contribution >= 0.6 is 0 Å². The van der Waals surface area contributed by atoms with E-state index in [4.69, 9.17) is 9.47 Å². The van der Waals surface area contributed by atoms with Gasteiger partial charge in [-0.1, -0.05) is 6.07 Å². The zero-order valence-corrected chi connectivity index (χ0v) is 12.3. The Bertz CT molecular complexity index is 747. The Morgan fingerprint density at radius 3 is 3.09 bits per heavy atom. The highest BCUT2D eigenvalue weighted by atomic mass is 16.5. The molecule has 1 fully saturated rings. The Morgan fingerprint density at radius 2 is 2.36 bits per heavy atom. The highest BCUT2D eigenvalue weighted by Gasteiger charge is 2.19. The van der Waals surface area contributed by atoms with Gasteiger partial charge in [0.05, 0.1) is 24.1 Å². The van der Waals surface area contributed by atoms with Crippen LogP contribution in [0.4, 0.5) is 0 Å². The third kappa shape index (κ3) is 2.69. The van der Waals surface area contributed by atoms with E-state index in [9.17, 15) is 9.59 Å². The molecule has 0 saturated carbocycles. The van der Waals surface area contributed by atoms with Gasteiger partial charge < -0.3 is 19.8 Å². The number of hydrogen-bond acceptors (Lipinski definition) is 4. The number of fused-ring (bicyclic) bond motifs is 1. The molecule has 22 heavy (non-hydrogen) atoms. The number of aromatic amines is 1. The highest BCUT2D eigenvalue weighted by molar-refractivity contribution is 5.97. The van der Waals surface area contributed by atoms with Gasteiger partial charge >= 0.3 is 0 Å². The van der Waals surface area contributed by atoms with E-state index in [0.29, 0.717) is 23.2 Å². The zero-order valence-electron chi connectivity index (χ0n) is 12.3. The van der Waals surface area contributed by atoms with E-state index in [1.807, 2.05) is 0 Å². The number of carbonyl (C=O) groups excluding carboxylic acids is 1. The van der Waals surface area contributed by atoms with E-state index in [0.717, 1.165) is 19.4 Å². The third-order valence-corrected chi connectivity index (χ3v) is 3.86. The van der Waals surface area contributed by atoms with E-state index >= 15 is 0 Å². The molecule has 2 N–H and O–H groups in total. The molecule has 0 aliphatic carbocycles.